The predicted molar refractivity (Wildman–Crippen MR) is 103 cm³/mol. The van der Waals surface area contributed by atoms with E-state index in [2.05, 4.69) is 11.0 Å². The summed E-state index contributed by atoms with van der Waals surface area (Å²) in [6, 6.07) is 16.1. The van der Waals surface area contributed by atoms with Gasteiger partial charge < -0.3 is 24.4 Å². The number of aryl methyl sites for hydroxylation is 1. The first kappa shape index (κ1) is 18.5. The van der Waals surface area contributed by atoms with Crippen LogP contribution in [0.5, 0.6) is 11.5 Å². The molecule has 1 aliphatic rings. The van der Waals surface area contributed by atoms with Crippen LogP contribution in [0.2, 0.25) is 0 Å². The quantitative estimate of drug-likeness (QED) is 0.780. The number of para-hydroxylation sites is 2. The molecule has 2 aromatic rings. The van der Waals surface area contributed by atoms with E-state index < -0.39 is 6.10 Å². The maximum atomic E-state index is 10.3. The van der Waals surface area contributed by atoms with E-state index in [9.17, 15) is 5.11 Å². The molecule has 2 aromatic carbocycles. The van der Waals surface area contributed by atoms with Crippen molar-refractivity contribution < 1.29 is 19.5 Å². The van der Waals surface area contributed by atoms with Crippen molar-refractivity contribution in [2.75, 3.05) is 51.3 Å². The fourth-order valence-corrected chi connectivity index (χ4v) is 3.45. The molecule has 0 spiro atoms. The number of methoxy groups -OCH3 is 1. The summed E-state index contributed by atoms with van der Waals surface area (Å²) in [6.45, 7) is 7.00. The number of aliphatic hydroxyl groups excluding tert-OH is 1. The summed E-state index contributed by atoms with van der Waals surface area (Å²) in [5.41, 5.74) is 2.31. The molecule has 5 nitrogen and oxygen atoms in total. The van der Waals surface area contributed by atoms with E-state index in [4.69, 9.17) is 9.47 Å². The van der Waals surface area contributed by atoms with Gasteiger partial charge >= 0.3 is 0 Å². The minimum Gasteiger partial charge on any atom is -0.495 e. The van der Waals surface area contributed by atoms with Gasteiger partial charge in [-0.1, -0.05) is 24.3 Å². The Morgan fingerprint density at radius 2 is 1.88 bits per heavy atom. The van der Waals surface area contributed by atoms with Gasteiger partial charge in [0, 0.05) is 0 Å². The number of piperazine rings is 1. The lowest BCUT2D eigenvalue weighted by molar-refractivity contribution is -0.903. The summed E-state index contributed by atoms with van der Waals surface area (Å²) >= 11 is 0. The van der Waals surface area contributed by atoms with E-state index in [1.165, 1.54) is 4.90 Å². The summed E-state index contributed by atoms with van der Waals surface area (Å²) in [5, 5.41) is 10.3. The Balaban J connectivity index is 1.45. The van der Waals surface area contributed by atoms with E-state index in [1.807, 2.05) is 49.4 Å². The van der Waals surface area contributed by atoms with Crippen LogP contribution in [0.3, 0.4) is 0 Å². The van der Waals surface area contributed by atoms with E-state index in [0.29, 0.717) is 13.2 Å². The number of quaternary nitrogens is 1. The average molecular weight is 357 g/mol. The van der Waals surface area contributed by atoms with Gasteiger partial charge in [0.05, 0.1) is 39.0 Å². The lowest BCUT2D eigenvalue weighted by Crippen LogP contribution is -3.16. The molecule has 26 heavy (non-hydrogen) atoms. The van der Waals surface area contributed by atoms with Gasteiger partial charge in [0.2, 0.25) is 0 Å². The molecule has 1 aliphatic heterocycles. The molecule has 0 amide bonds. The Morgan fingerprint density at radius 1 is 1.12 bits per heavy atom. The zero-order chi connectivity index (χ0) is 18.4. The van der Waals surface area contributed by atoms with Gasteiger partial charge in [-0.3, -0.25) is 0 Å². The molecule has 0 saturated carbocycles. The molecular formula is C21H29N2O3+. The van der Waals surface area contributed by atoms with Gasteiger partial charge in [-0.25, -0.2) is 0 Å². The van der Waals surface area contributed by atoms with Crippen LogP contribution in [0.1, 0.15) is 5.56 Å². The van der Waals surface area contributed by atoms with Crippen molar-refractivity contribution in [2.24, 2.45) is 0 Å². The Bertz CT molecular complexity index is 699. The summed E-state index contributed by atoms with van der Waals surface area (Å²) in [5.74, 6) is 1.74. The molecule has 1 atom stereocenters. The molecule has 2 N–H and O–H groups in total. The van der Waals surface area contributed by atoms with Crippen LogP contribution in [0.25, 0.3) is 0 Å². The number of nitrogens with one attached hydrogen (secondary N) is 1. The van der Waals surface area contributed by atoms with E-state index >= 15 is 0 Å². The van der Waals surface area contributed by atoms with Gasteiger partial charge in [-0.15, -0.1) is 0 Å². The SMILES string of the molecule is COc1ccccc1N1CC[NH+](C[C@@H](O)COc2cccc(C)c2)CC1. The van der Waals surface area contributed by atoms with Gasteiger partial charge in [-0.05, 0) is 36.8 Å². The minimum absolute atomic E-state index is 0.336. The van der Waals surface area contributed by atoms with Crippen LogP contribution in [0.15, 0.2) is 48.5 Å². The standard InChI is InChI=1S/C21H28N2O3/c1-17-6-5-7-19(14-17)26-16-18(24)15-22-10-12-23(13-11-22)20-8-3-4-9-21(20)25-2/h3-9,14,18,24H,10-13,15-16H2,1-2H3/p+1/t18-/m1/s1. The van der Waals surface area contributed by atoms with E-state index in [1.54, 1.807) is 7.11 Å². The maximum Gasteiger partial charge on any atom is 0.142 e. The van der Waals surface area contributed by atoms with Crippen molar-refractivity contribution in [1.29, 1.82) is 0 Å². The molecule has 0 bridgehead atoms. The molecule has 0 unspecified atom stereocenters. The van der Waals surface area contributed by atoms with Crippen LogP contribution < -0.4 is 19.3 Å². The number of hydrogen-bond donors (Lipinski definition) is 2. The highest BCUT2D eigenvalue weighted by atomic mass is 16.5. The zero-order valence-corrected chi connectivity index (χ0v) is 15.6. The second-order valence-corrected chi connectivity index (χ2v) is 6.89. The smallest absolute Gasteiger partial charge is 0.142 e. The maximum absolute atomic E-state index is 10.3. The normalized spacial score (nSPS) is 16.3. The summed E-state index contributed by atoms with van der Waals surface area (Å²) < 4.78 is 11.2. The third-order valence-corrected chi connectivity index (χ3v) is 4.85. The molecule has 0 aromatic heterocycles. The van der Waals surface area contributed by atoms with Crippen molar-refractivity contribution in [3.63, 3.8) is 0 Å². The molecule has 1 saturated heterocycles. The summed E-state index contributed by atoms with van der Waals surface area (Å²) in [6.07, 6.45) is -0.455. The summed E-state index contributed by atoms with van der Waals surface area (Å²) in [4.78, 5) is 3.77. The fourth-order valence-electron chi connectivity index (χ4n) is 3.45. The molecule has 1 fully saturated rings. The first-order valence-corrected chi connectivity index (χ1v) is 9.25. The van der Waals surface area contributed by atoms with Gasteiger partial charge in [0.15, 0.2) is 0 Å². The molecule has 1 heterocycles. The average Bonchev–Trinajstić information content (AvgIpc) is 2.67. The minimum atomic E-state index is -0.455. The highest BCUT2D eigenvalue weighted by molar-refractivity contribution is 5.58. The topological polar surface area (TPSA) is 46.4 Å². The Labute approximate surface area is 155 Å². The third kappa shape index (κ3) is 4.90. The third-order valence-electron chi connectivity index (χ3n) is 4.85. The lowest BCUT2D eigenvalue weighted by atomic mass is 10.2. The van der Waals surface area contributed by atoms with Gasteiger partial charge in [0.1, 0.15) is 30.8 Å². The van der Waals surface area contributed by atoms with Crippen molar-refractivity contribution in [3.8, 4) is 11.5 Å². The molecule has 5 heteroatoms. The largest absolute Gasteiger partial charge is 0.495 e. The summed E-state index contributed by atoms with van der Waals surface area (Å²) in [7, 11) is 1.71. The number of ether oxygens (including phenoxy) is 2. The first-order chi connectivity index (χ1) is 12.7. The van der Waals surface area contributed by atoms with E-state index in [-0.39, 0.29) is 0 Å². The number of hydrogen-bond acceptors (Lipinski definition) is 4. The predicted octanol–water partition coefficient (Wildman–Crippen LogP) is 1.15. The highest BCUT2D eigenvalue weighted by Crippen LogP contribution is 2.27. The van der Waals surface area contributed by atoms with Crippen molar-refractivity contribution in [1.82, 2.24) is 0 Å². The highest BCUT2D eigenvalue weighted by Gasteiger charge is 2.24. The molecule has 0 radical (unpaired) electrons. The van der Waals surface area contributed by atoms with Crippen LogP contribution in [0, 0.1) is 6.92 Å². The first-order valence-electron chi connectivity index (χ1n) is 9.25. The number of rotatable bonds is 7. The molecule has 0 aliphatic carbocycles. The fraction of sp³-hybridized carbons (Fsp3) is 0.429. The van der Waals surface area contributed by atoms with Crippen LogP contribution >= 0.6 is 0 Å². The lowest BCUT2D eigenvalue weighted by Gasteiger charge is -2.35. The zero-order valence-electron chi connectivity index (χ0n) is 15.6. The van der Waals surface area contributed by atoms with Crippen LogP contribution in [-0.2, 0) is 0 Å². The van der Waals surface area contributed by atoms with Gasteiger partial charge in [0.25, 0.3) is 0 Å². The van der Waals surface area contributed by atoms with Crippen molar-refractivity contribution in [2.45, 2.75) is 13.0 Å². The number of nitrogens with zero attached hydrogens (tertiary/aromatic N) is 1. The Morgan fingerprint density at radius 3 is 2.62 bits per heavy atom. The second-order valence-electron chi connectivity index (χ2n) is 6.89. The van der Waals surface area contributed by atoms with Crippen LogP contribution in [-0.4, -0.2) is 57.7 Å². The molecule has 3 rings (SSSR count). The monoisotopic (exact) mass is 357 g/mol. The van der Waals surface area contributed by atoms with Crippen molar-refractivity contribution >= 4 is 5.69 Å². The Kier molecular flexibility index (Phi) is 6.36. The number of anilines is 1. The van der Waals surface area contributed by atoms with Gasteiger partial charge in [-0.2, -0.15) is 0 Å². The van der Waals surface area contributed by atoms with E-state index in [0.717, 1.165) is 48.9 Å². The van der Waals surface area contributed by atoms with Crippen LogP contribution in [0.4, 0.5) is 5.69 Å². The molecular weight excluding hydrogens is 328 g/mol. The number of aliphatic hydroxyl groups is 1. The number of benzene rings is 2. The Hall–Kier alpha value is -2.24. The van der Waals surface area contributed by atoms with Crippen molar-refractivity contribution in [3.05, 3.63) is 54.1 Å². The second kappa shape index (κ2) is 8.92. The molecule has 140 valence electrons.